The summed E-state index contributed by atoms with van der Waals surface area (Å²) in [4.78, 5) is 6.05. The number of thiophene rings is 1. The van der Waals surface area contributed by atoms with Gasteiger partial charge in [-0.3, -0.25) is 14.1 Å². The predicted molar refractivity (Wildman–Crippen MR) is 124 cm³/mol. The molecule has 0 radical (unpaired) electrons. The Morgan fingerprint density at radius 1 is 1.22 bits per heavy atom. The highest BCUT2D eigenvalue weighted by molar-refractivity contribution is 7.79. The van der Waals surface area contributed by atoms with E-state index in [2.05, 4.69) is 22.8 Å². The molecule has 1 spiro atoms. The smallest absolute Gasteiger partial charge is 0.394 e. The second kappa shape index (κ2) is 11.0. The van der Waals surface area contributed by atoms with E-state index >= 15 is 0 Å². The minimum absolute atomic E-state index is 0.0900. The molecule has 0 amide bonds. The predicted octanol–water partition coefficient (Wildman–Crippen LogP) is 4.04. The zero-order valence-electron chi connectivity index (χ0n) is 18.3. The first-order chi connectivity index (χ1) is 15.3. The molecule has 1 atom stereocenters. The minimum atomic E-state index is -4.67. The lowest BCUT2D eigenvalue weighted by Gasteiger charge is -2.46. The van der Waals surface area contributed by atoms with Crippen molar-refractivity contribution < 1.29 is 27.0 Å². The van der Waals surface area contributed by atoms with Crippen LogP contribution < -0.4 is 10.1 Å². The van der Waals surface area contributed by atoms with Crippen LogP contribution in [0.3, 0.4) is 0 Å². The molecule has 178 valence electrons. The lowest BCUT2D eigenvalue weighted by atomic mass is 9.68. The number of nitrogens with one attached hydrogen (secondary N) is 1. The SMILES string of the molecule is COc1ccsc1CNCC[C@@]1(c2ccccn2)CCOC2(CCCC2)C1.O=S(=O)(O)O. The minimum Gasteiger partial charge on any atom is -0.496 e. The van der Waals surface area contributed by atoms with Gasteiger partial charge in [0.25, 0.3) is 0 Å². The maximum Gasteiger partial charge on any atom is 0.394 e. The number of ether oxygens (including phenoxy) is 2. The van der Waals surface area contributed by atoms with Crippen LogP contribution in [0.1, 0.15) is 55.5 Å². The van der Waals surface area contributed by atoms with Gasteiger partial charge in [-0.25, -0.2) is 0 Å². The number of nitrogens with zero attached hydrogens (tertiary/aromatic N) is 1. The first kappa shape index (κ1) is 25.1. The fraction of sp³-hybridized carbons (Fsp3) is 0.591. The molecule has 10 heteroatoms. The molecule has 0 bridgehead atoms. The van der Waals surface area contributed by atoms with Crippen LogP contribution in [0.25, 0.3) is 0 Å². The van der Waals surface area contributed by atoms with Gasteiger partial charge in [-0.15, -0.1) is 11.3 Å². The fourth-order valence-corrected chi connectivity index (χ4v) is 5.77. The summed E-state index contributed by atoms with van der Waals surface area (Å²) in [5.74, 6) is 0.989. The van der Waals surface area contributed by atoms with Crippen LogP contribution in [0.4, 0.5) is 0 Å². The highest BCUT2D eigenvalue weighted by Crippen LogP contribution is 2.49. The van der Waals surface area contributed by atoms with E-state index in [1.165, 1.54) is 36.3 Å². The summed E-state index contributed by atoms with van der Waals surface area (Å²) >= 11 is 1.75. The summed E-state index contributed by atoms with van der Waals surface area (Å²) in [6.07, 6.45) is 10.2. The zero-order valence-corrected chi connectivity index (χ0v) is 20.0. The molecule has 2 aromatic rings. The number of aromatic nitrogens is 1. The highest BCUT2D eigenvalue weighted by atomic mass is 32.3. The number of pyridine rings is 1. The first-order valence-electron chi connectivity index (χ1n) is 10.8. The van der Waals surface area contributed by atoms with Gasteiger partial charge in [0.05, 0.1) is 17.6 Å². The third kappa shape index (κ3) is 6.97. The Kier molecular flexibility index (Phi) is 8.65. The number of hydrogen-bond donors (Lipinski definition) is 3. The van der Waals surface area contributed by atoms with Crippen LogP contribution in [0.15, 0.2) is 35.8 Å². The van der Waals surface area contributed by atoms with Gasteiger partial charge in [-0.1, -0.05) is 18.9 Å². The summed E-state index contributed by atoms with van der Waals surface area (Å²) in [5, 5.41) is 5.74. The van der Waals surface area contributed by atoms with Crippen molar-refractivity contribution in [2.45, 2.75) is 62.5 Å². The Morgan fingerprint density at radius 3 is 2.62 bits per heavy atom. The summed E-state index contributed by atoms with van der Waals surface area (Å²) in [7, 11) is -2.93. The molecule has 1 saturated heterocycles. The monoisotopic (exact) mass is 484 g/mol. The molecule has 2 aliphatic rings. The number of hydrogen-bond acceptors (Lipinski definition) is 7. The lowest BCUT2D eigenvalue weighted by Crippen LogP contribution is -2.47. The van der Waals surface area contributed by atoms with Gasteiger partial charge in [0.1, 0.15) is 5.75 Å². The number of rotatable bonds is 7. The summed E-state index contributed by atoms with van der Waals surface area (Å²) in [6.45, 7) is 2.70. The second-order valence-corrected chi connectivity index (χ2v) is 10.3. The maximum atomic E-state index is 8.74. The average molecular weight is 485 g/mol. The Morgan fingerprint density at radius 2 is 1.97 bits per heavy atom. The molecular weight excluding hydrogens is 452 g/mol. The Hall–Kier alpha value is -1.56. The van der Waals surface area contributed by atoms with Crippen LogP contribution in [0.2, 0.25) is 0 Å². The third-order valence-corrected chi connectivity index (χ3v) is 7.26. The van der Waals surface area contributed by atoms with Crippen LogP contribution in [-0.4, -0.2) is 48.4 Å². The van der Waals surface area contributed by atoms with Crippen molar-refractivity contribution in [1.82, 2.24) is 10.3 Å². The van der Waals surface area contributed by atoms with Gasteiger partial charge in [-0.05, 0) is 62.2 Å². The third-order valence-electron chi connectivity index (χ3n) is 6.36. The number of methoxy groups -OCH3 is 1. The van der Waals surface area contributed by atoms with Crippen molar-refractivity contribution in [2.75, 3.05) is 20.3 Å². The van der Waals surface area contributed by atoms with Gasteiger partial charge >= 0.3 is 10.4 Å². The van der Waals surface area contributed by atoms with Gasteiger partial charge in [0, 0.05) is 30.5 Å². The average Bonchev–Trinajstić information content (AvgIpc) is 3.40. The van der Waals surface area contributed by atoms with E-state index in [0.29, 0.717) is 0 Å². The van der Waals surface area contributed by atoms with Crippen LogP contribution >= 0.6 is 11.3 Å². The van der Waals surface area contributed by atoms with E-state index in [1.54, 1.807) is 18.4 Å². The van der Waals surface area contributed by atoms with Gasteiger partial charge in [0.15, 0.2) is 0 Å². The Balaban J connectivity index is 0.000000523. The molecule has 8 nitrogen and oxygen atoms in total. The molecule has 0 aromatic carbocycles. The van der Waals surface area contributed by atoms with Crippen LogP contribution in [0, 0.1) is 0 Å². The summed E-state index contributed by atoms with van der Waals surface area (Å²) < 4.78 is 43.3. The highest BCUT2D eigenvalue weighted by Gasteiger charge is 2.48. The van der Waals surface area contributed by atoms with E-state index in [-0.39, 0.29) is 11.0 Å². The van der Waals surface area contributed by atoms with Crippen molar-refractivity contribution in [3.05, 3.63) is 46.4 Å². The van der Waals surface area contributed by atoms with Crippen molar-refractivity contribution in [3.8, 4) is 5.75 Å². The lowest BCUT2D eigenvalue weighted by molar-refractivity contribution is -0.104. The van der Waals surface area contributed by atoms with E-state index in [0.717, 1.165) is 44.7 Å². The van der Waals surface area contributed by atoms with Gasteiger partial charge < -0.3 is 14.8 Å². The zero-order chi connectivity index (χ0) is 23.1. The largest absolute Gasteiger partial charge is 0.496 e. The first-order valence-corrected chi connectivity index (χ1v) is 13.1. The molecular formula is C22H32N2O6S2. The summed E-state index contributed by atoms with van der Waals surface area (Å²) in [6, 6.07) is 8.41. The molecule has 3 heterocycles. The van der Waals surface area contributed by atoms with Crippen molar-refractivity contribution >= 4 is 21.7 Å². The Bertz CT molecular complexity index is 936. The fourth-order valence-electron chi connectivity index (χ4n) is 4.97. The quantitative estimate of drug-likeness (QED) is 0.398. The topological polar surface area (TPSA) is 118 Å². The maximum absolute atomic E-state index is 8.74. The molecule has 4 rings (SSSR count). The van der Waals surface area contributed by atoms with Crippen LogP contribution in [0.5, 0.6) is 5.75 Å². The van der Waals surface area contributed by atoms with E-state index in [4.69, 9.17) is 32.0 Å². The van der Waals surface area contributed by atoms with E-state index < -0.39 is 10.4 Å². The molecule has 1 saturated carbocycles. The van der Waals surface area contributed by atoms with E-state index in [1.807, 2.05) is 18.3 Å². The van der Waals surface area contributed by atoms with Crippen molar-refractivity contribution in [1.29, 1.82) is 0 Å². The standard InChI is InChI=1S/C22H30N2O2S.H2O4S/c1-25-18-7-15-27-19(18)16-23-13-10-21(20-6-2-5-12-24-20)11-14-26-22(17-21)8-3-4-9-22;1-5(2,3)4/h2,5-7,12,15,23H,3-4,8-11,13-14,16-17H2,1H3;(H2,1,2,3,4)/t21-;/m1./s1. The molecule has 2 aromatic heterocycles. The molecule has 1 aliphatic carbocycles. The van der Waals surface area contributed by atoms with Gasteiger partial charge in [-0.2, -0.15) is 8.42 Å². The normalized spacial score (nSPS) is 22.3. The Labute approximate surface area is 193 Å². The van der Waals surface area contributed by atoms with Crippen LogP contribution in [-0.2, 0) is 27.1 Å². The van der Waals surface area contributed by atoms with Crippen molar-refractivity contribution in [3.63, 3.8) is 0 Å². The van der Waals surface area contributed by atoms with E-state index in [9.17, 15) is 0 Å². The molecule has 32 heavy (non-hydrogen) atoms. The second-order valence-electron chi connectivity index (χ2n) is 8.45. The molecule has 0 unspecified atom stereocenters. The van der Waals surface area contributed by atoms with Crippen molar-refractivity contribution in [2.24, 2.45) is 0 Å². The molecule has 3 N–H and O–H groups in total. The molecule has 2 fully saturated rings. The van der Waals surface area contributed by atoms with Gasteiger partial charge in [0.2, 0.25) is 0 Å². The molecule has 1 aliphatic heterocycles. The summed E-state index contributed by atoms with van der Waals surface area (Å²) in [5.41, 5.74) is 1.46.